The van der Waals surface area contributed by atoms with Crippen LogP contribution in [0.1, 0.15) is 0 Å². The third kappa shape index (κ3) is 1.38. The van der Waals surface area contributed by atoms with Gasteiger partial charge in [0.1, 0.15) is 0 Å². The predicted octanol–water partition coefficient (Wildman–Crippen LogP) is 0.595. The fourth-order valence-corrected chi connectivity index (χ4v) is 2.01. The number of hydrogen-bond acceptors (Lipinski definition) is 5. The third-order valence-corrected chi connectivity index (χ3v) is 3.41. The topological polar surface area (TPSA) is 84.3 Å². The first-order chi connectivity index (χ1) is 5.05. The molecule has 0 amide bonds. The summed E-state index contributed by atoms with van der Waals surface area (Å²) in [5.74, 6) is 0. The molecule has 1 aromatic heterocycles. The van der Waals surface area contributed by atoms with Gasteiger partial charge in [-0.05, 0) is 0 Å². The Kier molecular flexibility index (Phi) is 1.92. The van der Waals surface area contributed by atoms with Crippen LogP contribution < -0.4 is 0 Å². The second kappa shape index (κ2) is 2.59. The van der Waals surface area contributed by atoms with E-state index in [-0.39, 0.29) is 4.34 Å². The zero-order valence-corrected chi connectivity index (χ0v) is 6.72. The van der Waals surface area contributed by atoms with Crippen LogP contribution in [0.3, 0.4) is 0 Å². The molecule has 0 saturated carbocycles. The summed E-state index contributed by atoms with van der Waals surface area (Å²) in [6.45, 7) is 0. The summed E-state index contributed by atoms with van der Waals surface area (Å²) in [7, 11) is -4.21. The van der Waals surface area contributed by atoms with E-state index in [9.17, 15) is 13.2 Å². The number of sulfone groups is 1. The Balaban J connectivity index is 3.22. The molecule has 11 heavy (non-hydrogen) atoms. The van der Waals surface area contributed by atoms with Crippen LogP contribution in [-0.2, 0) is 9.84 Å². The molecular weight excluding hydrogens is 190 g/mol. The molecule has 1 aromatic rings. The van der Waals surface area contributed by atoms with Gasteiger partial charge < -0.3 is 5.11 Å². The van der Waals surface area contributed by atoms with Crippen LogP contribution in [0.2, 0.25) is 0 Å². The maximum atomic E-state index is 10.7. The van der Waals surface area contributed by atoms with Crippen LogP contribution in [0.25, 0.3) is 0 Å². The summed E-state index contributed by atoms with van der Waals surface area (Å²) in [6, 6.07) is 0. The van der Waals surface area contributed by atoms with Gasteiger partial charge in [-0.1, -0.05) is 0 Å². The van der Waals surface area contributed by atoms with E-state index in [1.54, 1.807) is 0 Å². The van der Waals surface area contributed by atoms with Gasteiger partial charge in [0.2, 0.25) is 4.34 Å². The average molecular weight is 193 g/mol. The first-order valence-corrected chi connectivity index (χ1v) is 4.79. The summed E-state index contributed by atoms with van der Waals surface area (Å²) in [6.07, 6.45) is 1.24. The zero-order chi connectivity index (χ0) is 8.48. The molecule has 0 radical (unpaired) electrons. The largest absolute Gasteiger partial charge is 0.469 e. The molecule has 0 fully saturated rings. The fraction of sp³-hybridized carbons (Fsp3) is 0. The minimum atomic E-state index is -4.21. The summed E-state index contributed by atoms with van der Waals surface area (Å²) in [4.78, 5) is 13.5. The highest BCUT2D eigenvalue weighted by Gasteiger charge is 2.26. The minimum Gasteiger partial charge on any atom is -0.469 e. The van der Waals surface area contributed by atoms with Gasteiger partial charge in [0.15, 0.2) is 0 Å². The quantitative estimate of drug-likeness (QED) is 0.705. The van der Waals surface area contributed by atoms with E-state index >= 15 is 0 Å². The van der Waals surface area contributed by atoms with Crippen LogP contribution in [0.4, 0.5) is 4.79 Å². The van der Waals surface area contributed by atoms with Gasteiger partial charge >= 0.3 is 15.1 Å². The monoisotopic (exact) mass is 193 g/mol. The van der Waals surface area contributed by atoms with E-state index in [1.807, 2.05) is 0 Å². The first kappa shape index (κ1) is 8.15. The highest BCUT2D eigenvalue weighted by Crippen LogP contribution is 2.13. The van der Waals surface area contributed by atoms with Gasteiger partial charge in [-0.3, -0.25) is 0 Å². The lowest BCUT2D eigenvalue weighted by Gasteiger charge is -1.89. The normalized spacial score (nSPS) is 11.3. The zero-order valence-electron chi connectivity index (χ0n) is 5.09. The molecule has 0 aliphatic rings. The van der Waals surface area contributed by atoms with Crippen LogP contribution in [0.15, 0.2) is 15.9 Å². The molecule has 5 nitrogen and oxygen atoms in total. The molecule has 0 spiro atoms. The van der Waals surface area contributed by atoms with Gasteiger partial charge in [0, 0.05) is 11.6 Å². The lowest BCUT2D eigenvalue weighted by molar-refractivity contribution is 0.219. The number of hydrogen-bond donors (Lipinski definition) is 1. The number of thiazole rings is 1. The Bertz CT molecular complexity index is 351. The van der Waals surface area contributed by atoms with Gasteiger partial charge in [-0.25, -0.2) is 18.2 Å². The van der Waals surface area contributed by atoms with Gasteiger partial charge in [0.05, 0.1) is 0 Å². The molecule has 0 aliphatic carbocycles. The molecule has 0 unspecified atom stereocenters. The van der Waals surface area contributed by atoms with Crippen LogP contribution in [0.5, 0.6) is 0 Å². The van der Waals surface area contributed by atoms with Crippen molar-refractivity contribution in [1.29, 1.82) is 0 Å². The van der Waals surface area contributed by atoms with Crippen molar-refractivity contribution < 1.29 is 18.3 Å². The van der Waals surface area contributed by atoms with E-state index < -0.39 is 15.1 Å². The standard InChI is InChI=1S/C4H3NO4S2/c6-4(7)11(8,9)3-5-1-2-10-3/h1-2H,(H,6,7). The number of carboxylic acid groups (broad SMARTS) is 1. The molecule has 60 valence electrons. The van der Waals surface area contributed by atoms with Crippen molar-refractivity contribution in [2.75, 3.05) is 0 Å². The van der Waals surface area contributed by atoms with Crippen molar-refractivity contribution in [3.63, 3.8) is 0 Å². The van der Waals surface area contributed by atoms with E-state index in [0.29, 0.717) is 0 Å². The maximum Gasteiger partial charge on any atom is 0.429 e. The minimum absolute atomic E-state index is 0.384. The van der Waals surface area contributed by atoms with Crippen molar-refractivity contribution in [2.45, 2.75) is 4.34 Å². The number of carbonyl (C=O) groups is 1. The molecule has 1 heterocycles. The van der Waals surface area contributed by atoms with Crippen molar-refractivity contribution >= 4 is 26.5 Å². The summed E-state index contributed by atoms with van der Waals surface area (Å²) >= 11 is 0.778. The van der Waals surface area contributed by atoms with Crippen LogP contribution in [-0.4, -0.2) is 23.8 Å². The predicted molar refractivity (Wildman–Crippen MR) is 37.3 cm³/mol. The first-order valence-electron chi connectivity index (χ1n) is 2.42. The molecule has 1 N–H and O–H groups in total. The van der Waals surface area contributed by atoms with Crippen molar-refractivity contribution in [3.05, 3.63) is 11.6 Å². The summed E-state index contributed by atoms with van der Waals surface area (Å²) < 4.78 is 21.1. The lowest BCUT2D eigenvalue weighted by Crippen LogP contribution is -2.11. The molecule has 0 aromatic carbocycles. The van der Waals surface area contributed by atoms with E-state index in [1.165, 1.54) is 11.6 Å². The second-order valence-corrected chi connectivity index (χ2v) is 4.46. The van der Waals surface area contributed by atoms with Crippen molar-refractivity contribution in [1.82, 2.24) is 4.98 Å². The van der Waals surface area contributed by atoms with Gasteiger partial charge in [-0.2, -0.15) is 0 Å². The smallest absolute Gasteiger partial charge is 0.429 e. The number of rotatable bonds is 1. The molecular formula is C4H3NO4S2. The van der Waals surface area contributed by atoms with Crippen molar-refractivity contribution in [3.8, 4) is 0 Å². The Morgan fingerprint density at radius 1 is 1.64 bits per heavy atom. The number of aromatic nitrogens is 1. The van der Waals surface area contributed by atoms with Crippen LogP contribution in [0, 0.1) is 0 Å². The highest BCUT2D eigenvalue weighted by atomic mass is 32.2. The van der Waals surface area contributed by atoms with Gasteiger partial charge in [0.25, 0.3) is 0 Å². The van der Waals surface area contributed by atoms with E-state index in [0.717, 1.165) is 11.3 Å². The number of nitrogens with zero attached hydrogens (tertiary/aromatic N) is 1. The SMILES string of the molecule is O=C(O)S(=O)(=O)c1nccs1. The average Bonchev–Trinajstić information content (AvgIpc) is 2.37. The van der Waals surface area contributed by atoms with E-state index in [2.05, 4.69) is 4.98 Å². The molecule has 1 rings (SSSR count). The molecule has 0 bridgehead atoms. The lowest BCUT2D eigenvalue weighted by atomic mass is 11.0. The molecule has 0 saturated heterocycles. The molecule has 0 atom stereocenters. The third-order valence-electron chi connectivity index (χ3n) is 0.869. The van der Waals surface area contributed by atoms with Gasteiger partial charge in [-0.15, -0.1) is 11.3 Å². The van der Waals surface area contributed by atoms with Crippen LogP contribution >= 0.6 is 11.3 Å². The van der Waals surface area contributed by atoms with E-state index in [4.69, 9.17) is 5.11 Å². The summed E-state index contributed by atoms with van der Waals surface area (Å²) in [5.41, 5.74) is 0. The van der Waals surface area contributed by atoms with Crippen molar-refractivity contribution in [2.24, 2.45) is 0 Å². The maximum absolute atomic E-state index is 10.7. The fourth-order valence-electron chi connectivity index (χ4n) is 0.418. The Morgan fingerprint density at radius 3 is 2.64 bits per heavy atom. The Hall–Kier alpha value is -0.950. The Morgan fingerprint density at radius 2 is 2.27 bits per heavy atom. The molecule has 7 heteroatoms. The highest BCUT2D eigenvalue weighted by molar-refractivity contribution is 8.07. The molecule has 0 aliphatic heterocycles. The summed E-state index contributed by atoms with van der Waals surface area (Å²) in [5, 5.41) is 7.72. The second-order valence-electron chi connectivity index (χ2n) is 1.57. The Labute approximate surface area is 66.2 Å².